The van der Waals surface area contributed by atoms with Gasteiger partial charge >= 0.3 is 0 Å². The maximum Gasteiger partial charge on any atom is 0.197 e. The second-order valence-electron chi connectivity index (χ2n) is 9.48. The van der Waals surface area contributed by atoms with Crippen LogP contribution in [0.4, 0.5) is 0 Å². The summed E-state index contributed by atoms with van der Waals surface area (Å²) in [5.41, 5.74) is 4.82. The molecule has 6 heteroatoms. The Bertz CT molecular complexity index is 1700. The second kappa shape index (κ2) is 9.34. The van der Waals surface area contributed by atoms with E-state index in [0.717, 1.165) is 45.6 Å². The summed E-state index contributed by atoms with van der Waals surface area (Å²) in [7, 11) is 0. The Labute approximate surface area is 218 Å². The van der Waals surface area contributed by atoms with Gasteiger partial charge in [0, 0.05) is 16.2 Å². The van der Waals surface area contributed by atoms with Crippen LogP contribution in [0.5, 0.6) is 0 Å². The first kappa shape index (κ1) is 22.0. The molecule has 3 aromatic carbocycles. The molecular weight excluding hydrogens is 480 g/mol. The molecule has 0 spiro atoms. The lowest BCUT2D eigenvalue weighted by molar-refractivity contribution is 0.624. The molecule has 0 N–H and O–H groups in total. The van der Waals surface area contributed by atoms with Gasteiger partial charge < -0.3 is 0 Å². The maximum absolute atomic E-state index is 5.37. The molecule has 0 bridgehead atoms. The van der Waals surface area contributed by atoms with Crippen molar-refractivity contribution >= 4 is 49.7 Å². The van der Waals surface area contributed by atoms with Crippen LogP contribution >= 0.6 is 23.1 Å². The molecule has 0 atom stereocenters. The van der Waals surface area contributed by atoms with Crippen LogP contribution in [-0.2, 0) is 18.6 Å². The number of fused-ring (bicyclic) bond motifs is 6. The van der Waals surface area contributed by atoms with Crippen molar-refractivity contribution in [2.45, 2.75) is 49.4 Å². The molecule has 0 fully saturated rings. The Hall–Kier alpha value is -3.22. The summed E-state index contributed by atoms with van der Waals surface area (Å²) in [6.45, 7) is 0. The summed E-state index contributed by atoms with van der Waals surface area (Å²) >= 11 is 3.60. The predicted octanol–water partition coefficient (Wildman–Crippen LogP) is 8.11. The Morgan fingerprint density at radius 2 is 1.61 bits per heavy atom. The molecule has 3 heterocycles. The zero-order chi connectivity index (χ0) is 23.9. The van der Waals surface area contributed by atoms with E-state index >= 15 is 0 Å². The van der Waals surface area contributed by atoms with E-state index in [4.69, 9.17) is 15.2 Å². The number of aryl methyl sites for hydroxylation is 2. The van der Waals surface area contributed by atoms with Crippen molar-refractivity contribution in [3.05, 3.63) is 88.8 Å². The molecule has 3 aromatic heterocycles. The fraction of sp³-hybridized carbons (Fsp3) is 0.233. The third kappa shape index (κ3) is 3.80. The van der Waals surface area contributed by atoms with E-state index < -0.39 is 0 Å². The standard InChI is InChI=1S/C30H26N4S2/c1-2-7-18-25-24(16-6-1)26-28-32-33-30(35-19-20-11-4-3-5-12-20)34(28)27(31-29(26)36-25)23-17-10-14-21-13-8-9-15-22(21)23/h3-5,8-15,17H,1-2,6-7,16,18-19H2. The molecule has 36 heavy (non-hydrogen) atoms. The lowest BCUT2D eigenvalue weighted by Crippen LogP contribution is -2.01. The van der Waals surface area contributed by atoms with Crippen LogP contribution in [0.25, 0.3) is 38.0 Å². The highest BCUT2D eigenvalue weighted by molar-refractivity contribution is 7.98. The van der Waals surface area contributed by atoms with E-state index in [-0.39, 0.29) is 0 Å². The average molecular weight is 507 g/mol. The van der Waals surface area contributed by atoms with Crippen LogP contribution in [0.3, 0.4) is 0 Å². The van der Waals surface area contributed by atoms with Crippen molar-refractivity contribution in [3.8, 4) is 11.4 Å². The van der Waals surface area contributed by atoms with Crippen molar-refractivity contribution in [3.63, 3.8) is 0 Å². The summed E-state index contributed by atoms with van der Waals surface area (Å²) in [6, 6.07) is 25.6. The number of thioether (sulfide) groups is 1. The number of thiophene rings is 1. The van der Waals surface area contributed by atoms with E-state index in [1.807, 2.05) is 11.3 Å². The molecule has 0 unspecified atom stereocenters. The summed E-state index contributed by atoms with van der Waals surface area (Å²) in [6.07, 6.45) is 7.38. The first-order chi connectivity index (χ1) is 17.9. The molecule has 0 saturated carbocycles. The number of nitrogens with zero attached hydrogens (tertiary/aromatic N) is 4. The van der Waals surface area contributed by atoms with Crippen LogP contribution in [0.1, 0.15) is 41.7 Å². The topological polar surface area (TPSA) is 43.1 Å². The Kier molecular flexibility index (Phi) is 5.71. The smallest absolute Gasteiger partial charge is 0.197 e. The van der Waals surface area contributed by atoms with Gasteiger partial charge in [-0.15, -0.1) is 21.5 Å². The molecule has 1 aliphatic rings. The van der Waals surface area contributed by atoms with Gasteiger partial charge in [-0.25, -0.2) is 4.98 Å². The molecule has 178 valence electrons. The second-order valence-corrected chi connectivity index (χ2v) is 11.5. The van der Waals surface area contributed by atoms with Gasteiger partial charge in [0.2, 0.25) is 0 Å². The third-order valence-electron chi connectivity index (χ3n) is 7.17. The Morgan fingerprint density at radius 1 is 0.806 bits per heavy atom. The molecule has 7 rings (SSSR count). The SMILES string of the molecule is c1ccc(CSc2nnc3c4c5c(sc4nc(-c4cccc6ccccc46)n23)CCCCCC5)cc1. The number of hydrogen-bond donors (Lipinski definition) is 0. The summed E-state index contributed by atoms with van der Waals surface area (Å²) in [5, 5.41) is 14.1. The van der Waals surface area contributed by atoms with Crippen molar-refractivity contribution in [2.75, 3.05) is 0 Å². The van der Waals surface area contributed by atoms with Crippen LogP contribution in [-0.4, -0.2) is 19.6 Å². The lowest BCUT2D eigenvalue weighted by Gasteiger charge is -2.12. The van der Waals surface area contributed by atoms with E-state index in [9.17, 15) is 0 Å². The van der Waals surface area contributed by atoms with Gasteiger partial charge in [-0.05, 0) is 47.6 Å². The largest absolute Gasteiger partial charge is 0.253 e. The fourth-order valence-corrected chi connectivity index (χ4v) is 7.54. The van der Waals surface area contributed by atoms with E-state index in [1.165, 1.54) is 57.8 Å². The molecule has 1 aliphatic carbocycles. The minimum atomic E-state index is 0.844. The highest BCUT2D eigenvalue weighted by Crippen LogP contribution is 2.40. The average Bonchev–Trinajstić information content (AvgIpc) is 3.48. The Morgan fingerprint density at radius 3 is 2.53 bits per heavy atom. The molecular formula is C30H26N4S2. The lowest BCUT2D eigenvalue weighted by atomic mass is 9.98. The van der Waals surface area contributed by atoms with Crippen LogP contribution in [0, 0.1) is 0 Å². The van der Waals surface area contributed by atoms with Crippen molar-refractivity contribution in [1.82, 2.24) is 19.6 Å². The maximum atomic E-state index is 5.37. The summed E-state index contributed by atoms with van der Waals surface area (Å²) < 4.78 is 2.23. The minimum absolute atomic E-state index is 0.844. The first-order valence-electron chi connectivity index (χ1n) is 12.7. The summed E-state index contributed by atoms with van der Waals surface area (Å²) in [4.78, 5) is 7.96. The van der Waals surface area contributed by atoms with Gasteiger partial charge in [-0.1, -0.05) is 97.4 Å². The first-order valence-corrected chi connectivity index (χ1v) is 14.5. The van der Waals surface area contributed by atoms with Gasteiger partial charge in [0.1, 0.15) is 10.7 Å². The molecule has 0 radical (unpaired) electrons. The number of rotatable bonds is 4. The third-order valence-corrected chi connectivity index (χ3v) is 9.36. The monoisotopic (exact) mass is 506 g/mol. The van der Waals surface area contributed by atoms with Crippen LogP contribution < -0.4 is 0 Å². The van der Waals surface area contributed by atoms with Crippen LogP contribution in [0.15, 0.2) is 78.0 Å². The molecule has 0 aliphatic heterocycles. The van der Waals surface area contributed by atoms with Crippen molar-refractivity contribution < 1.29 is 0 Å². The number of benzene rings is 3. The van der Waals surface area contributed by atoms with E-state index in [2.05, 4.69) is 77.2 Å². The summed E-state index contributed by atoms with van der Waals surface area (Å²) in [5.74, 6) is 1.78. The molecule has 0 saturated heterocycles. The van der Waals surface area contributed by atoms with Crippen molar-refractivity contribution in [2.24, 2.45) is 0 Å². The van der Waals surface area contributed by atoms with E-state index in [0.29, 0.717) is 0 Å². The molecule has 4 nitrogen and oxygen atoms in total. The number of hydrogen-bond acceptors (Lipinski definition) is 5. The van der Waals surface area contributed by atoms with Gasteiger partial charge in [-0.3, -0.25) is 4.40 Å². The minimum Gasteiger partial charge on any atom is -0.253 e. The quantitative estimate of drug-likeness (QED) is 0.227. The highest BCUT2D eigenvalue weighted by Gasteiger charge is 2.24. The van der Waals surface area contributed by atoms with Gasteiger partial charge in [0.15, 0.2) is 10.8 Å². The van der Waals surface area contributed by atoms with Gasteiger partial charge in [0.05, 0.1) is 5.39 Å². The molecule has 6 aromatic rings. The van der Waals surface area contributed by atoms with E-state index in [1.54, 1.807) is 11.8 Å². The fourth-order valence-electron chi connectivity index (χ4n) is 5.40. The normalized spacial score (nSPS) is 14.2. The van der Waals surface area contributed by atoms with Crippen LogP contribution in [0.2, 0.25) is 0 Å². The zero-order valence-corrected chi connectivity index (χ0v) is 21.6. The van der Waals surface area contributed by atoms with Gasteiger partial charge in [0.25, 0.3) is 0 Å². The van der Waals surface area contributed by atoms with Gasteiger partial charge in [-0.2, -0.15) is 0 Å². The molecule has 0 amide bonds. The Balaban J connectivity index is 1.48. The highest BCUT2D eigenvalue weighted by atomic mass is 32.2. The van der Waals surface area contributed by atoms with Crippen molar-refractivity contribution in [1.29, 1.82) is 0 Å². The number of aromatic nitrogens is 4. The predicted molar refractivity (Wildman–Crippen MR) is 151 cm³/mol. The zero-order valence-electron chi connectivity index (χ0n) is 20.0.